The van der Waals surface area contributed by atoms with E-state index >= 15 is 0 Å². The van der Waals surface area contributed by atoms with Crippen LogP contribution in [0.3, 0.4) is 0 Å². The lowest BCUT2D eigenvalue weighted by molar-refractivity contribution is -0.141. The Labute approximate surface area is 96.5 Å². The van der Waals surface area contributed by atoms with Gasteiger partial charge in [0, 0.05) is 6.16 Å². The first-order valence-corrected chi connectivity index (χ1v) is 7.56. The third-order valence-electron chi connectivity index (χ3n) is 2.67. The van der Waals surface area contributed by atoms with Gasteiger partial charge in [-0.3, -0.25) is 9.36 Å². The summed E-state index contributed by atoms with van der Waals surface area (Å²) in [7, 11) is -3.54. The van der Waals surface area contributed by atoms with Crippen molar-refractivity contribution < 1.29 is 19.4 Å². The summed E-state index contributed by atoms with van der Waals surface area (Å²) in [4.78, 5) is 20.6. The van der Waals surface area contributed by atoms with Crippen molar-refractivity contribution in [1.82, 2.24) is 0 Å². The Balaban J connectivity index is 4.49. The van der Waals surface area contributed by atoms with Crippen LogP contribution in [0.5, 0.6) is 0 Å². The number of nitrogens with two attached hydrogens (primary N) is 1. The molecule has 3 atom stereocenters. The quantitative estimate of drug-likeness (QED) is 0.571. The average molecular weight is 251 g/mol. The van der Waals surface area contributed by atoms with Gasteiger partial charge in [-0.1, -0.05) is 26.7 Å². The van der Waals surface area contributed by atoms with Gasteiger partial charge in [-0.2, -0.15) is 0 Å². The van der Waals surface area contributed by atoms with Crippen molar-refractivity contribution in [1.29, 1.82) is 0 Å². The summed E-state index contributed by atoms with van der Waals surface area (Å²) in [6.07, 6.45) is 2.23. The van der Waals surface area contributed by atoms with Crippen LogP contribution in [0.2, 0.25) is 0 Å². The molecule has 16 heavy (non-hydrogen) atoms. The first-order valence-electron chi connectivity index (χ1n) is 5.65. The van der Waals surface area contributed by atoms with Crippen LogP contribution in [0.1, 0.15) is 39.5 Å². The number of unbranched alkanes of at least 4 members (excludes halogenated alkanes) is 1. The molecule has 0 aliphatic heterocycles. The Morgan fingerprint density at radius 3 is 2.38 bits per heavy atom. The highest BCUT2D eigenvalue weighted by molar-refractivity contribution is 7.58. The fraction of sp³-hybridized carbons (Fsp3) is 0.900. The molecule has 0 aromatic rings. The maximum atomic E-state index is 11.8. The number of hydrogen-bond acceptors (Lipinski definition) is 3. The smallest absolute Gasteiger partial charge is 0.307 e. The molecule has 96 valence electrons. The van der Waals surface area contributed by atoms with E-state index < -0.39 is 25.0 Å². The summed E-state index contributed by atoms with van der Waals surface area (Å²) >= 11 is 0. The van der Waals surface area contributed by atoms with Gasteiger partial charge in [0.25, 0.3) is 0 Å². The molecule has 0 aliphatic carbocycles. The summed E-state index contributed by atoms with van der Waals surface area (Å²) in [5.74, 6) is -2.57. The van der Waals surface area contributed by atoms with Gasteiger partial charge in [0.15, 0.2) is 0 Å². The van der Waals surface area contributed by atoms with Crippen molar-refractivity contribution in [2.45, 2.75) is 45.3 Å². The first kappa shape index (κ1) is 15.6. The summed E-state index contributed by atoms with van der Waals surface area (Å²) in [6.45, 7) is 3.67. The van der Waals surface area contributed by atoms with Crippen LogP contribution in [0, 0.1) is 5.92 Å². The van der Waals surface area contributed by atoms with Crippen molar-refractivity contribution in [3.63, 3.8) is 0 Å². The lowest BCUT2D eigenvalue weighted by Gasteiger charge is -2.21. The Kier molecular flexibility index (Phi) is 6.88. The Morgan fingerprint density at radius 2 is 2.00 bits per heavy atom. The van der Waals surface area contributed by atoms with Gasteiger partial charge in [-0.05, 0) is 12.8 Å². The van der Waals surface area contributed by atoms with Crippen LogP contribution in [0.4, 0.5) is 0 Å². The molecule has 3 unspecified atom stereocenters. The van der Waals surface area contributed by atoms with Gasteiger partial charge >= 0.3 is 5.97 Å². The van der Waals surface area contributed by atoms with Crippen LogP contribution >= 0.6 is 7.37 Å². The van der Waals surface area contributed by atoms with Gasteiger partial charge in [-0.25, -0.2) is 0 Å². The van der Waals surface area contributed by atoms with E-state index in [9.17, 15) is 14.3 Å². The van der Waals surface area contributed by atoms with E-state index in [0.29, 0.717) is 12.8 Å². The molecule has 0 rings (SSSR count). The average Bonchev–Trinajstić information content (AvgIpc) is 2.22. The van der Waals surface area contributed by atoms with Gasteiger partial charge in [0.1, 0.15) is 0 Å². The second kappa shape index (κ2) is 7.05. The lowest BCUT2D eigenvalue weighted by Crippen LogP contribution is -2.26. The molecular formula is C10H22NO4P. The number of aliphatic carboxylic acids is 1. The van der Waals surface area contributed by atoms with Crippen molar-refractivity contribution in [2.75, 3.05) is 6.16 Å². The number of carboxylic acids is 1. The highest BCUT2D eigenvalue weighted by Gasteiger charge is 2.32. The monoisotopic (exact) mass is 251 g/mol. The summed E-state index contributed by atoms with van der Waals surface area (Å²) in [5.41, 5.74) is 5.52. The van der Waals surface area contributed by atoms with E-state index in [1.54, 1.807) is 6.92 Å². The minimum atomic E-state index is -3.54. The molecule has 0 amide bonds. The largest absolute Gasteiger partial charge is 0.481 e. The van der Waals surface area contributed by atoms with Crippen molar-refractivity contribution in [2.24, 2.45) is 11.7 Å². The van der Waals surface area contributed by atoms with Gasteiger partial charge < -0.3 is 15.7 Å². The zero-order chi connectivity index (χ0) is 12.8. The van der Waals surface area contributed by atoms with Crippen molar-refractivity contribution in [3.8, 4) is 0 Å². The van der Waals surface area contributed by atoms with E-state index in [0.717, 1.165) is 12.8 Å². The molecule has 6 heteroatoms. The van der Waals surface area contributed by atoms with E-state index in [1.165, 1.54) is 0 Å². The normalized spacial score (nSPS) is 18.8. The maximum absolute atomic E-state index is 11.8. The molecule has 4 N–H and O–H groups in total. The Bertz CT molecular complexity index is 270. The van der Waals surface area contributed by atoms with Gasteiger partial charge in [-0.15, -0.1) is 0 Å². The number of carboxylic acid groups (broad SMARTS) is 1. The zero-order valence-electron chi connectivity index (χ0n) is 9.93. The van der Waals surface area contributed by atoms with Crippen LogP contribution in [-0.2, 0) is 9.36 Å². The lowest BCUT2D eigenvalue weighted by atomic mass is 10.1. The molecule has 0 aromatic carbocycles. The molecule has 0 saturated carbocycles. The van der Waals surface area contributed by atoms with Crippen LogP contribution in [0.15, 0.2) is 0 Å². The molecule has 0 radical (unpaired) electrons. The van der Waals surface area contributed by atoms with E-state index in [4.69, 9.17) is 10.8 Å². The second-order valence-electron chi connectivity index (χ2n) is 4.09. The molecule has 0 fully saturated rings. The van der Waals surface area contributed by atoms with Crippen molar-refractivity contribution >= 4 is 13.3 Å². The van der Waals surface area contributed by atoms with Crippen molar-refractivity contribution in [3.05, 3.63) is 0 Å². The predicted molar refractivity (Wildman–Crippen MR) is 63.6 cm³/mol. The second-order valence-corrected chi connectivity index (χ2v) is 6.63. The first-order chi connectivity index (χ1) is 7.35. The maximum Gasteiger partial charge on any atom is 0.307 e. The Morgan fingerprint density at radius 1 is 1.44 bits per heavy atom. The minimum absolute atomic E-state index is 0.211. The molecule has 0 saturated heterocycles. The van der Waals surface area contributed by atoms with E-state index in [1.807, 2.05) is 6.92 Å². The molecular weight excluding hydrogens is 229 g/mol. The fourth-order valence-corrected chi connectivity index (χ4v) is 3.29. The SMILES string of the molecule is CCCCC(CP(=O)(O)C(N)CC)C(=O)O. The zero-order valence-corrected chi connectivity index (χ0v) is 10.8. The third-order valence-corrected chi connectivity index (χ3v) is 5.04. The number of hydrogen-bond donors (Lipinski definition) is 3. The molecule has 0 spiro atoms. The highest BCUT2D eigenvalue weighted by atomic mass is 31.2. The minimum Gasteiger partial charge on any atom is -0.481 e. The number of rotatable bonds is 8. The third kappa shape index (κ3) is 5.10. The topological polar surface area (TPSA) is 101 Å². The predicted octanol–water partition coefficient (Wildman–Crippen LogP) is 1.84. The van der Waals surface area contributed by atoms with Crippen LogP contribution < -0.4 is 5.73 Å². The molecule has 0 heterocycles. The van der Waals surface area contributed by atoms with E-state index in [2.05, 4.69) is 0 Å². The standard InChI is InChI=1S/C10H22NO4P/c1-3-5-6-8(10(12)13)7-16(14,15)9(11)4-2/h8-9H,3-7,11H2,1-2H3,(H,12,13)(H,14,15). The highest BCUT2D eigenvalue weighted by Crippen LogP contribution is 2.47. The molecule has 0 aliphatic rings. The Hall–Kier alpha value is -0.380. The molecule has 0 bridgehead atoms. The van der Waals surface area contributed by atoms with Gasteiger partial charge in [0.2, 0.25) is 7.37 Å². The summed E-state index contributed by atoms with van der Waals surface area (Å²) < 4.78 is 11.8. The van der Waals surface area contributed by atoms with Crippen LogP contribution in [0.25, 0.3) is 0 Å². The fourth-order valence-electron chi connectivity index (χ4n) is 1.48. The summed E-state index contributed by atoms with van der Waals surface area (Å²) in [6, 6.07) is 0. The summed E-state index contributed by atoms with van der Waals surface area (Å²) in [5, 5.41) is 8.94. The van der Waals surface area contributed by atoms with Crippen LogP contribution in [-0.4, -0.2) is 27.9 Å². The molecule has 5 nitrogen and oxygen atoms in total. The van der Waals surface area contributed by atoms with E-state index in [-0.39, 0.29) is 6.16 Å². The van der Waals surface area contributed by atoms with Gasteiger partial charge in [0.05, 0.1) is 11.7 Å². The number of carbonyl (C=O) groups is 1. The molecule has 0 aromatic heterocycles.